The molecule has 0 radical (unpaired) electrons. The predicted octanol–water partition coefficient (Wildman–Crippen LogP) is 4.74. The number of carbonyl (C=O) groups excluding carboxylic acids is 2. The van der Waals surface area contributed by atoms with Crippen LogP contribution in [0.5, 0.6) is 5.75 Å². The highest BCUT2D eigenvalue weighted by molar-refractivity contribution is 8.00. The van der Waals surface area contributed by atoms with E-state index in [-0.39, 0.29) is 35.7 Å². The van der Waals surface area contributed by atoms with Crippen LogP contribution in [0.15, 0.2) is 78.9 Å². The molecule has 166 valence electrons. The second-order valence-electron chi connectivity index (χ2n) is 7.18. The first kappa shape index (κ1) is 23.3. The Kier molecular flexibility index (Phi) is 8.69. The Hall–Kier alpha value is -3.32. The molecule has 0 aliphatic rings. The van der Waals surface area contributed by atoms with Crippen LogP contribution in [0.25, 0.3) is 0 Å². The fourth-order valence-electron chi connectivity index (χ4n) is 2.95. The van der Waals surface area contributed by atoms with Gasteiger partial charge in [0.15, 0.2) is 11.6 Å². The monoisotopic (exact) mass is 452 g/mol. The molecule has 5 nitrogen and oxygen atoms in total. The molecule has 0 aromatic heterocycles. The van der Waals surface area contributed by atoms with Gasteiger partial charge in [-0.25, -0.2) is 4.39 Å². The normalized spacial score (nSPS) is 11.4. The quantitative estimate of drug-likeness (QED) is 0.466. The Morgan fingerprint density at radius 2 is 1.56 bits per heavy atom. The van der Waals surface area contributed by atoms with Gasteiger partial charge in [0.1, 0.15) is 6.61 Å². The van der Waals surface area contributed by atoms with E-state index in [1.807, 2.05) is 61.5 Å². The highest BCUT2D eigenvalue weighted by Crippen LogP contribution is 2.19. The van der Waals surface area contributed by atoms with Crippen molar-refractivity contribution in [2.24, 2.45) is 0 Å². The molecule has 1 atom stereocenters. The largest absolute Gasteiger partial charge is 0.488 e. The van der Waals surface area contributed by atoms with E-state index >= 15 is 0 Å². The third-order valence-electron chi connectivity index (χ3n) is 4.58. The molecule has 0 fully saturated rings. The van der Waals surface area contributed by atoms with E-state index in [0.717, 1.165) is 16.8 Å². The summed E-state index contributed by atoms with van der Waals surface area (Å²) in [6.07, 6.45) is 0. The van der Waals surface area contributed by atoms with E-state index in [1.54, 1.807) is 18.2 Å². The summed E-state index contributed by atoms with van der Waals surface area (Å²) >= 11 is 1.22. The Labute approximate surface area is 191 Å². The zero-order valence-electron chi connectivity index (χ0n) is 17.7. The van der Waals surface area contributed by atoms with E-state index in [9.17, 15) is 14.0 Å². The summed E-state index contributed by atoms with van der Waals surface area (Å²) in [4.78, 5) is 24.6. The summed E-state index contributed by atoms with van der Waals surface area (Å²) in [6.45, 7) is 2.05. The summed E-state index contributed by atoms with van der Waals surface area (Å²) in [5.41, 5.74) is 2.68. The van der Waals surface area contributed by atoms with Crippen LogP contribution in [0.4, 0.5) is 10.1 Å². The maximum Gasteiger partial charge on any atom is 0.234 e. The molecule has 3 rings (SSSR count). The van der Waals surface area contributed by atoms with Gasteiger partial charge in [-0.3, -0.25) is 9.59 Å². The minimum atomic E-state index is -0.458. The molecule has 1 unspecified atom stereocenters. The average molecular weight is 453 g/mol. The maximum atomic E-state index is 13.9. The highest BCUT2D eigenvalue weighted by Gasteiger charge is 2.17. The Morgan fingerprint density at radius 3 is 2.28 bits per heavy atom. The zero-order chi connectivity index (χ0) is 22.8. The number of hydrogen-bond acceptors (Lipinski definition) is 4. The molecular formula is C25H25FN2O3S. The second-order valence-corrected chi connectivity index (χ2v) is 8.16. The van der Waals surface area contributed by atoms with Crippen molar-refractivity contribution in [2.45, 2.75) is 13.0 Å². The Balaban J connectivity index is 1.50. The summed E-state index contributed by atoms with van der Waals surface area (Å²) < 4.78 is 19.5. The van der Waals surface area contributed by atoms with Crippen molar-refractivity contribution in [3.05, 3.63) is 95.8 Å². The minimum absolute atomic E-state index is 0.0786. The topological polar surface area (TPSA) is 67.4 Å². The van der Waals surface area contributed by atoms with Gasteiger partial charge in [-0.1, -0.05) is 60.2 Å². The molecule has 0 heterocycles. The first-order valence-electron chi connectivity index (χ1n) is 10.2. The molecule has 0 aliphatic heterocycles. The van der Waals surface area contributed by atoms with Crippen molar-refractivity contribution < 1.29 is 18.7 Å². The third kappa shape index (κ3) is 7.42. The second kappa shape index (κ2) is 11.9. The van der Waals surface area contributed by atoms with Crippen LogP contribution in [0.1, 0.15) is 17.2 Å². The van der Waals surface area contributed by atoms with Crippen LogP contribution in [0, 0.1) is 12.7 Å². The maximum absolute atomic E-state index is 13.9. The highest BCUT2D eigenvalue weighted by atomic mass is 32.2. The number of amides is 2. The predicted molar refractivity (Wildman–Crippen MR) is 126 cm³/mol. The molecule has 2 amide bonds. The van der Waals surface area contributed by atoms with Gasteiger partial charge >= 0.3 is 0 Å². The van der Waals surface area contributed by atoms with Gasteiger partial charge in [0, 0.05) is 5.69 Å². The third-order valence-corrected chi connectivity index (χ3v) is 5.51. The van der Waals surface area contributed by atoms with Crippen molar-refractivity contribution >= 4 is 29.3 Å². The molecule has 32 heavy (non-hydrogen) atoms. The van der Waals surface area contributed by atoms with E-state index in [2.05, 4.69) is 10.6 Å². The number of halogens is 1. The van der Waals surface area contributed by atoms with Gasteiger partial charge in [0.2, 0.25) is 11.8 Å². The van der Waals surface area contributed by atoms with Crippen LogP contribution in [0.2, 0.25) is 0 Å². The molecule has 0 aliphatic carbocycles. The Morgan fingerprint density at radius 1 is 0.906 bits per heavy atom. The SMILES string of the molecule is Cc1ccc(NC(=O)CSCC(=O)NC(COc2ccccc2F)c2ccccc2)cc1. The molecule has 2 N–H and O–H groups in total. The molecule has 3 aromatic carbocycles. The number of thioether (sulfide) groups is 1. The summed E-state index contributed by atoms with van der Waals surface area (Å²) in [7, 11) is 0. The number of nitrogens with one attached hydrogen (secondary N) is 2. The van der Waals surface area contributed by atoms with Crippen molar-refractivity contribution in [3.63, 3.8) is 0 Å². The smallest absolute Gasteiger partial charge is 0.234 e. The fourth-order valence-corrected chi connectivity index (χ4v) is 3.58. The number of aryl methyl sites for hydroxylation is 1. The Bertz CT molecular complexity index is 1030. The molecule has 0 saturated carbocycles. The van der Waals surface area contributed by atoms with Gasteiger partial charge in [-0.15, -0.1) is 11.8 Å². The lowest BCUT2D eigenvalue weighted by Crippen LogP contribution is -2.34. The number of rotatable bonds is 10. The standard InChI is InChI=1S/C25H25FN2O3S/c1-18-11-13-20(14-12-18)27-24(29)16-32-17-25(30)28-22(19-7-3-2-4-8-19)15-31-23-10-6-5-9-21(23)26/h2-14,22H,15-17H2,1H3,(H,27,29)(H,28,30). The van der Waals surface area contributed by atoms with Crippen molar-refractivity contribution in [1.29, 1.82) is 0 Å². The first-order valence-corrected chi connectivity index (χ1v) is 11.3. The molecule has 0 spiro atoms. The van der Waals surface area contributed by atoms with Gasteiger partial charge in [0.05, 0.1) is 17.5 Å². The van der Waals surface area contributed by atoms with Crippen LogP contribution < -0.4 is 15.4 Å². The molecule has 3 aromatic rings. The first-order chi connectivity index (χ1) is 15.5. The van der Waals surface area contributed by atoms with Gasteiger partial charge in [-0.2, -0.15) is 0 Å². The van der Waals surface area contributed by atoms with Crippen molar-refractivity contribution in [1.82, 2.24) is 5.32 Å². The minimum Gasteiger partial charge on any atom is -0.488 e. The number of anilines is 1. The van der Waals surface area contributed by atoms with Crippen LogP contribution in [-0.4, -0.2) is 29.9 Å². The van der Waals surface area contributed by atoms with E-state index < -0.39 is 11.9 Å². The van der Waals surface area contributed by atoms with Gasteiger partial charge in [-0.05, 0) is 36.8 Å². The zero-order valence-corrected chi connectivity index (χ0v) is 18.5. The van der Waals surface area contributed by atoms with Crippen LogP contribution in [0.3, 0.4) is 0 Å². The number of para-hydroxylation sites is 1. The van der Waals surface area contributed by atoms with Crippen molar-refractivity contribution in [3.8, 4) is 5.75 Å². The number of hydrogen-bond donors (Lipinski definition) is 2. The van der Waals surface area contributed by atoms with Gasteiger partial charge < -0.3 is 15.4 Å². The summed E-state index contributed by atoms with van der Waals surface area (Å²) in [5, 5.41) is 5.72. The lowest BCUT2D eigenvalue weighted by molar-refractivity contribution is -0.119. The van der Waals surface area contributed by atoms with Gasteiger partial charge in [0.25, 0.3) is 0 Å². The van der Waals surface area contributed by atoms with Crippen LogP contribution in [-0.2, 0) is 9.59 Å². The molecule has 0 bridgehead atoms. The lowest BCUT2D eigenvalue weighted by Gasteiger charge is -2.20. The fraction of sp³-hybridized carbons (Fsp3) is 0.200. The average Bonchev–Trinajstić information content (AvgIpc) is 2.79. The number of ether oxygens (including phenoxy) is 1. The summed E-state index contributed by atoms with van der Waals surface area (Å²) in [5.74, 6) is -0.461. The van der Waals surface area contributed by atoms with E-state index in [1.165, 1.54) is 17.8 Å². The van der Waals surface area contributed by atoms with E-state index in [4.69, 9.17) is 4.74 Å². The molecule has 0 saturated heterocycles. The van der Waals surface area contributed by atoms with Crippen molar-refractivity contribution in [2.75, 3.05) is 23.4 Å². The van der Waals surface area contributed by atoms with E-state index in [0.29, 0.717) is 0 Å². The number of carbonyl (C=O) groups is 2. The number of benzene rings is 3. The molecular weight excluding hydrogens is 427 g/mol. The molecule has 7 heteroatoms. The summed E-state index contributed by atoms with van der Waals surface area (Å²) in [6, 6.07) is 22.6. The lowest BCUT2D eigenvalue weighted by atomic mass is 10.1. The van der Waals surface area contributed by atoms with Crippen LogP contribution >= 0.6 is 11.8 Å².